The van der Waals surface area contributed by atoms with E-state index >= 15 is 0 Å². The molecular weight excluding hydrogens is 378 g/mol. The summed E-state index contributed by atoms with van der Waals surface area (Å²) in [7, 11) is 1.55. The van der Waals surface area contributed by atoms with Gasteiger partial charge < -0.3 is 9.84 Å². The maximum Gasteiger partial charge on any atom is 0.300 e. The molecule has 1 saturated heterocycles. The Morgan fingerprint density at radius 2 is 1.63 bits per heavy atom. The van der Waals surface area contributed by atoms with Gasteiger partial charge >= 0.3 is 0 Å². The smallest absolute Gasteiger partial charge is 0.300 e. The van der Waals surface area contributed by atoms with Gasteiger partial charge in [-0.15, -0.1) is 0 Å². The van der Waals surface area contributed by atoms with Crippen molar-refractivity contribution in [1.29, 1.82) is 0 Å². The van der Waals surface area contributed by atoms with Crippen molar-refractivity contribution in [2.45, 2.75) is 13.0 Å². The van der Waals surface area contributed by atoms with Gasteiger partial charge in [-0.05, 0) is 54.4 Å². The number of amides is 1. The van der Waals surface area contributed by atoms with E-state index < -0.39 is 17.7 Å². The van der Waals surface area contributed by atoms with Crippen LogP contribution in [0.1, 0.15) is 22.7 Å². The number of carbonyl (C=O) groups is 2. The lowest BCUT2D eigenvalue weighted by atomic mass is 9.95. The fourth-order valence-electron chi connectivity index (χ4n) is 3.73. The Balaban J connectivity index is 1.92. The van der Waals surface area contributed by atoms with E-state index in [0.717, 1.165) is 11.1 Å². The van der Waals surface area contributed by atoms with Crippen LogP contribution < -0.4 is 9.64 Å². The number of aryl methyl sites for hydroxylation is 1. The molecule has 30 heavy (non-hydrogen) atoms. The molecule has 4 rings (SSSR count). The van der Waals surface area contributed by atoms with Gasteiger partial charge in [0.1, 0.15) is 11.5 Å². The van der Waals surface area contributed by atoms with Crippen LogP contribution in [-0.2, 0) is 9.59 Å². The van der Waals surface area contributed by atoms with Gasteiger partial charge in [-0.25, -0.2) is 0 Å². The van der Waals surface area contributed by atoms with Crippen molar-refractivity contribution in [3.05, 3.63) is 101 Å². The van der Waals surface area contributed by atoms with Crippen molar-refractivity contribution < 1.29 is 19.4 Å². The van der Waals surface area contributed by atoms with E-state index in [0.29, 0.717) is 17.0 Å². The second kappa shape index (κ2) is 7.87. The monoisotopic (exact) mass is 399 g/mol. The van der Waals surface area contributed by atoms with Crippen LogP contribution in [-0.4, -0.2) is 23.9 Å². The molecule has 0 aromatic heterocycles. The van der Waals surface area contributed by atoms with Gasteiger partial charge in [0.05, 0.1) is 18.7 Å². The topological polar surface area (TPSA) is 66.8 Å². The highest BCUT2D eigenvalue weighted by Gasteiger charge is 2.46. The van der Waals surface area contributed by atoms with Crippen molar-refractivity contribution >= 4 is 23.1 Å². The van der Waals surface area contributed by atoms with Gasteiger partial charge in [-0.2, -0.15) is 0 Å². The summed E-state index contributed by atoms with van der Waals surface area (Å²) < 4.78 is 5.16. The summed E-state index contributed by atoms with van der Waals surface area (Å²) in [6, 6.07) is 22.7. The van der Waals surface area contributed by atoms with Gasteiger partial charge in [-0.3, -0.25) is 14.5 Å². The fourth-order valence-corrected chi connectivity index (χ4v) is 3.73. The Morgan fingerprint density at radius 3 is 2.27 bits per heavy atom. The third kappa shape index (κ3) is 3.35. The zero-order chi connectivity index (χ0) is 21.3. The third-order valence-electron chi connectivity index (χ3n) is 5.20. The molecule has 1 fully saturated rings. The van der Waals surface area contributed by atoms with E-state index in [9.17, 15) is 14.7 Å². The number of nitrogens with zero attached hydrogens (tertiary/aromatic N) is 1. The van der Waals surface area contributed by atoms with Crippen LogP contribution in [0.2, 0.25) is 0 Å². The Morgan fingerprint density at radius 1 is 0.933 bits per heavy atom. The molecule has 1 unspecified atom stereocenters. The van der Waals surface area contributed by atoms with Crippen molar-refractivity contribution in [3.63, 3.8) is 0 Å². The summed E-state index contributed by atoms with van der Waals surface area (Å²) in [4.78, 5) is 27.6. The highest BCUT2D eigenvalue weighted by Crippen LogP contribution is 2.42. The maximum absolute atomic E-state index is 13.1. The maximum atomic E-state index is 13.1. The second-order valence-corrected chi connectivity index (χ2v) is 7.15. The van der Waals surface area contributed by atoms with Gasteiger partial charge in [0.25, 0.3) is 11.7 Å². The zero-order valence-corrected chi connectivity index (χ0v) is 16.7. The highest BCUT2D eigenvalue weighted by molar-refractivity contribution is 6.51. The lowest BCUT2D eigenvalue weighted by Gasteiger charge is -2.25. The van der Waals surface area contributed by atoms with Crippen LogP contribution in [0, 0.1) is 6.92 Å². The number of ketones is 1. The van der Waals surface area contributed by atoms with Crippen molar-refractivity contribution in [2.75, 3.05) is 12.0 Å². The van der Waals surface area contributed by atoms with E-state index in [1.54, 1.807) is 37.4 Å². The summed E-state index contributed by atoms with van der Waals surface area (Å²) in [5.74, 6) is -0.949. The Hall–Kier alpha value is -3.86. The summed E-state index contributed by atoms with van der Waals surface area (Å²) in [5.41, 5.74) is 2.83. The van der Waals surface area contributed by atoms with E-state index in [4.69, 9.17) is 4.74 Å². The minimum Gasteiger partial charge on any atom is -0.507 e. The van der Waals surface area contributed by atoms with Gasteiger partial charge in [-0.1, -0.05) is 42.5 Å². The summed E-state index contributed by atoms with van der Waals surface area (Å²) >= 11 is 0. The van der Waals surface area contributed by atoms with Crippen LogP contribution in [0.25, 0.3) is 5.76 Å². The molecule has 1 heterocycles. The second-order valence-electron chi connectivity index (χ2n) is 7.15. The first-order valence-electron chi connectivity index (χ1n) is 9.58. The van der Waals surface area contributed by atoms with Crippen LogP contribution in [0.4, 0.5) is 5.69 Å². The zero-order valence-electron chi connectivity index (χ0n) is 16.7. The molecule has 1 aliphatic rings. The molecular formula is C25H21NO4. The van der Waals surface area contributed by atoms with Crippen molar-refractivity contribution in [3.8, 4) is 5.75 Å². The summed E-state index contributed by atoms with van der Waals surface area (Å²) in [6.07, 6.45) is 0. The van der Waals surface area contributed by atoms with Crippen molar-refractivity contribution in [2.24, 2.45) is 0 Å². The van der Waals surface area contributed by atoms with Crippen LogP contribution in [0.15, 0.2) is 84.4 Å². The number of hydrogen-bond acceptors (Lipinski definition) is 4. The molecule has 5 nitrogen and oxygen atoms in total. The number of anilines is 1. The Labute approximate surface area is 174 Å². The summed E-state index contributed by atoms with van der Waals surface area (Å²) in [6.45, 7) is 1.93. The van der Waals surface area contributed by atoms with Gasteiger partial charge in [0, 0.05) is 11.3 Å². The molecule has 0 aliphatic carbocycles. The molecule has 1 atom stereocenters. The van der Waals surface area contributed by atoms with Crippen LogP contribution >= 0.6 is 0 Å². The first-order valence-corrected chi connectivity index (χ1v) is 9.58. The Bertz CT molecular complexity index is 1130. The standard InChI is InChI=1S/C25H21NO4/c1-16-7-6-10-19(15-16)26-22(17-8-4-3-5-9-17)21(24(28)25(26)29)23(27)18-11-13-20(30-2)14-12-18/h3-15,22,27H,1-2H3/b23-21+. The van der Waals surface area contributed by atoms with E-state index in [-0.39, 0.29) is 11.3 Å². The minimum absolute atomic E-state index is 0.0675. The molecule has 150 valence electrons. The Kier molecular flexibility index (Phi) is 5.11. The number of methoxy groups -OCH3 is 1. The molecule has 0 spiro atoms. The van der Waals surface area contributed by atoms with E-state index in [2.05, 4.69) is 0 Å². The molecule has 1 aliphatic heterocycles. The predicted molar refractivity (Wildman–Crippen MR) is 115 cm³/mol. The molecule has 0 radical (unpaired) electrons. The predicted octanol–water partition coefficient (Wildman–Crippen LogP) is 4.63. The number of aliphatic hydroxyl groups is 1. The number of hydrogen-bond donors (Lipinski definition) is 1. The molecule has 0 bridgehead atoms. The normalized spacial score (nSPS) is 17.9. The summed E-state index contributed by atoms with van der Waals surface area (Å²) in [5, 5.41) is 11.1. The van der Waals surface area contributed by atoms with E-state index in [1.807, 2.05) is 55.5 Å². The lowest BCUT2D eigenvalue weighted by molar-refractivity contribution is -0.132. The minimum atomic E-state index is -0.727. The molecule has 5 heteroatoms. The quantitative estimate of drug-likeness (QED) is 0.395. The first kappa shape index (κ1) is 19.5. The average molecular weight is 399 g/mol. The fraction of sp³-hybridized carbons (Fsp3) is 0.120. The van der Waals surface area contributed by atoms with Gasteiger partial charge in [0.15, 0.2) is 0 Å². The number of Topliss-reactive ketones (excluding diaryl/α,β-unsaturated/α-hetero) is 1. The molecule has 1 N–H and O–H groups in total. The largest absolute Gasteiger partial charge is 0.507 e. The SMILES string of the molecule is COc1ccc(/C(O)=C2\C(=O)C(=O)N(c3cccc(C)c3)C2c2ccccc2)cc1. The highest BCUT2D eigenvalue weighted by atomic mass is 16.5. The molecule has 0 saturated carbocycles. The van der Waals surface area contributed by atoms with Crippen LogP contribution in [0.3, 0.4) is 0 Å². The lowest BCUT2D eigenvalue weighted by Crippen LogP contribution is -2.29. The third-order valence-corrected chi connectivity index (χ3v) is 5.20. The number of ether oxygens (including phenoxy) is 1. The van der Waals surface area contributed by atoms with Crippen molar-refractivity contribution in [1.82, 2.24) is 0 Å². The van der Waals surface area contributed by atoms with Crippen LogP contribution in [0.5, 0.6) is 5.75 Å². The number of aliphatic hydroxyl groups excluding tert-OH is 1. The molecule has 1 amide bonds. The van der Waals surface area contributed by atoms with E-state index in [1.165, 1.54) is 4.90 Å². The molecule has 3 aromatic carbocycles. The number of rotatable bonds is 4. The van der Waals surface area contributed by atoms with Gasteiger partial charge in [0.2, 0.25) is 0 Å². The average Bonchev–Trinajstić information content (AvgIpc) is 3.04. The molecule has 3 aromatic rings. The number of benzene rings is 3. The number of carbonyl (C=O) groups excluding carboxylic acids is 2. The first-order chi connectivity index (χ1) is 14.5.